The minimum absolute atomic E-state index is 0.0123. The van der Waals surface area contributed by atoms with Gasteiger partial charge in [0, 0.05) is 23.8 Å². The van der Waals surface area contributed by atoms with E-state index in [4.69, 9.17) is 10.3 Å². The van der Waals surface area contributed by atoms with E-state index >= 15 is 0 Å². The average Bonchev–Trinajstić information content (AvgIpc) is 2.61. The Hall–Kier alpha value is -1.22. The number of azide groups is 1. The lowest BCUT2D eigenvalue weighted by Gasteiger charge is -2.21. The molecule has 5 heteroatoms. The molecule has 0 N–H and O–H groups in total. The summed E-state index contributed by atoms with van der Waals surface area (Å²) in [6.07, 6.45) is 2.98. The van der Waals surface area contributed by atoms with E-state index in [1.165, 1.54) is 6.92 Å². The number of ether oxygens (including phenoxy) is 1. The van der Waals surface area contributed by atoms with Gasteiger partial charge in [0.25, 0.3) is 0 Å². The molecule has 0 aromatic heterocycles. The molecule has 0 aliphatic heterocycles. The first kappa shape index (κ1) is 9.34. The third kappa shape index (κ3) is 1.44. The average molecular weight is 195 g/mol. The molecule has 0 aromatic carbocycles. The topological polar surface area (TPSA) is 75.1 Å². The fourth-order valence-electron chi connectivity index (χ4n) is 2.82. The Bertz CT molecular complexity index is 298. The van der Waals surface area contributed by atoms with Crippen LogP contribution in [0, 0.1) is 11.8 Å². The van der Waals surface area contributed by atoms with Crippen molar-refractivity contribution in [2.45, 2.75) is 38.3 Å². The number of carbonyl (C=O) groups excluding carboxylic acids is 1. The Balaban J connectivity index is 2.06. The monoisotopic (exact) mass is 195 g/mol. The van der Waals surface area contributed by atoms with E-state index in [-0.39, 0.29) is 24.0 Å². The van der Waals surface area contributed by atoms with Crippen LogP contribution in [-0.4, -0.2) is 18.1 Å². The van der Waals surface area contributed by atoms with Gasteiger partial charge in [0.1, 0.15) is 6.10 Å². The SMILES string of the molecule is CC(=O)O[C@H]1C[C@@H]2CC[C@H]1[C@H]2N=[N+]=[N-]. The molecule has 0 radical (unpaired) electrons. The van der Waals surface area contributed by atoms with Crippen LogP contribution in [0.25, 0.3) is 10.4 Å². The molecule has 0 heterocycles. The van der Waals surface area contributed by atoms with Crippen molar-refractivity contribution in [3.05, 3.63) is 10.4 Å². The van der Waals surface area contributed by atoms with Crippen molar-refractivity contribution in [2.24, 2.45) is 17.0 Å². The van der Waals surface area contributed by atoms with Crippen molar-refractivity contribution in [3.8, 4) is 0 Å². The maximum absolute atomic E-state index is 10.8. The van der Waals surface area contributed by atoms with Crippen LogP contribution >= 0.6 is 0 Å². The number of hydrogen-bond donors (Lipinski definition) is 0. The van der Waals surface area contributed by atoms with E-state index in [2.05, 4.69) is 10.0 Å². The first-order chi connectivity index (χ1) is 6.72. The van der Waals surface area contributed by atoms with Gasteiger partial charge in [0.15, 0.2) is 0 Å². The Morgan fingerprint density at radius 2 is 2.36 bits per heavy atom. The quantitative estimate of drug-likeness (QED) is 0.292. The second-order valence-electron chi connectivity index (χ2n) is 4.08. The Morgan fingerprint density at radius 3 is 3.00 bits per heavy atom. The van der Waals surface area contributed by atoms with Crippen LogP contribution in [0.1, 0.15) is 26.2 Å². The highest BCUT2D eigenvalue weighted by molar-refractivity contribution is 5.66. The lowest BCUT2D eigenvalue weighted by Crippen LogP contribution is -2.24. The van der Waals surface area contributed by atoms with Gasteiger partial charge in [-0.05, 0) is 30.7 Å². The molecule has 0 aromatic rings. The molecular formula is C9H13N3O2. The molecule has 0 saturated heterocycles. The molecule has 2 bridgehead atoms. The highest BCUT2D eigenvalue weighted by Crippen LogP contribution is 2.47. The number of carbonyl (C=O) groups is 1. The van der Waals surface area contributed by atoms with Crippen molar-refractivity contribution in [3.63, 3.8) is 0 Å². The van der Waals surface area contributed by atoms with Crippen LogP contribution in [0.3, 0.4) is 0 Å². The second kappa shape index (κ2) is 3.50. The zero-order valence-electron chi connectivity index (χ0n) is 8.09. The standard InChI is InChI=1S/C9H13N3O2/c1-5(13)14-8-4-6-2-3-7(8)9(6)11-12-10/h6-9H,2-4H2,1H3/t6-,7+,8-,9-/m0/s1. The maximum atomic E-state index is 10.8. The highest BCUT2D eigenvalue weighted by atomic mass is 16.5. The Morgan fingerprint density at radius 1 is 1.57 bits per heavy atom. The number of esters is 1. The lowest BCUT2D eigenvalue weighted by molar-refractivity contribution is -0.148. The predicted octanol–water partition coefficient (Wildman–Crippen LogP) is 2.03. The number of hydrogen-bond acceptors (Lipinski definition) is 3. The van der Waals surface area contributed by atoms with Crippen molar-refractivity contribution in [1.29, 1.82) is 0 Å². The third-order valence-corrected chi connectivity index (χ3v) is 3.31. The summed E-state index contributed by atoms with van der Waals surface area (Å²) in [6, 6.07) is 0.0596. The number of rotatable bonds is 2. The molecule has 14 heavy (non-hydrogen) atoms. The summed E-state index contributed by atoms with van der Waals surface area (Å²) in [5.74, 6) is 0.460. The molecular weight excluding hydrogens is 182 g/mol. The Labute approximate surface area is 82.1 Å². The van der Waals surface area contributed by atoms with E-state index in [1.54, 1.807) is 0 Å². The van der Waals surface area contributed by atoms with E-state index in [0.29, 0.717) is 5.92 Å². The molecule has 2 aliphatic carbocycles. The van der Waals surface area contributed by atoms with Gasteiger partial charge >= 0.3 is 5.97 Å². The van der Waals surface area contributed by atoms with E-state index in [0.717, 1.165) is 19.3 Å². The fraction of sp³-hybridized carbons (Fsp3) is 0.889. The van der Waals surface area contributed by atoms with E-state index in [1.807, 2.05) is 0 Å². The molecule has 5 nitrogen and oxygen atoms in total. The van der Waals surface area contributed by atoms with Crippen LogP contribution in [0.5, 0.6) is 0 Å². The predicted molar refractivity (Wildman–Crippen MR) is 49.3 cm³/mol. The van der Waals surface area contributed by atoms with E-state index in [9.17, 15) is 4.79 Å². The summed E-state index contributed by atoms with van der Waals surface area (Å²) in [4.78, 5) is 13.7. The van der Waals surface area contributed by atoms with Crippen LogP contribution in [0.4, 0.5) is 0 Å². The normalized spacial score (nSPS) is 39.2. The smallest absolute Gasteiger partial charge is 0.302 e. The van der Waals surface area contributed by atoms with Crippen molar-refractivity contribution in [2.75, 3.05) is 0 Å². The molecule has 2 saturated carbocycles. The fourth-order valence-corrected chi connectivity index (χ4v) is 2.82. The van der Waals surface area contributed by atoms with Gasteiger partial charge < -0.3 is 4.74 Å². The molecule has 0 unspecified atom stereocenters. The van der Waals surface area contributed by atoms with Crippen molar-refractivity contribution in [1.82, 2.24) is 0 Å². The summed E-state index contributed by atoms with van der Waals surface area (Å²) in [6.45, 7) is 1.43. The second-order valence-corrected chi connectivity index (χ2v) is 4.08. The molecule has 2 fully saturated rings. The zero-order valence-corrected chi connectivity index (χ0v) is 8.09. The molecule has 0 spiro atoms. The first-order valence-electron chi connectivity index (χ1n) is 4.94. The van der Waals surface area contributed by atoms with Crippen molar-refractivity contribution < 1.29 is 9.53 Å². The van der Waals surface area contributed by atoms with Gasteiger partial charge in [0.2, 0.25) is 0 Å². The van der Waals surface area contributed by atoms with Gasteiger partial charge in [-0.15, -0.1) is 0 Å². The summed E-state index contributed by atoms with van der Waals surface area (Å²) in [5.41, 5.74) is 8.41. The van der Waals surface area contributed by atoms with Crippen LogP contribution in [0.2, 0.25) is 0 Å². The molecule has 76 valence electrons. The summed E-state index contributed by atoms with van der Waals surface area (Å²) < 4.78 is 5.20. The van der Waals surface area contributed by atoms with E-state index < -0.39 is 0 Å². The molecule has 0 amide bonds. The van der Waals surface area contributed by atoms with Crippen molar-refractivity contribution >= 4 is 5.97 Å². The minimum atomic E-state index is -0.234. The number of nitrogens with zero attached hydrogens (tertiary/aromatic N) is 3. The zero-order chi connectivity index (χ0) is 10.1. The first-order valence-corrected chi connectivity index (χ1v) is 4.94. The van der Waals surface area contributed by atoms with Gasteiger partial charge in [-0.25, -0.2) is 0 Å². The van der Waals surface area contributed by atoms with Crippen LogP contribution < -0.4 is 0 Å². The lowest BCUT2D eigenvalue weighted by atomic mass is 9.98. The Kier molecular flexibility index (Phi) is 2.33. The third-order valence-electron chi connectivity index (χ3n) is 3.31. The van der Waals surface area contributed by atoms with Gasteiger partial charge in [0.05, 0.1) is 0 Å². The maximum Gasteiger partial charge on any atom is 0.302 e. The number of fused-ring (bicyclic) bond motifs is 2. The van der Waals surface area contributed by atoms with Crippen LogP contribution in [0.15, 0.2) is 5.11 Å². The van der Waals surface area contributed by atoms with Gasteiger partial charge in [-0.3, -0.25) is 4.79 Å². The summed E-state index contributed by atoms with van der Waals surface area (Å²) in [7, 11) is 0. The molecule has 2 rings (SSSR count). The molecule has 2 aliphatic rings. The molecule has 4 atom stereocenters. The van der Waals surface area contributed by atoms with Crippen LogP contribution in [-0.2, 0) is 9.53 Å². The summed E-state index contributed by atoms with van der Waals surface area (Å²) >= 11 is 0. The summed E-state index contributed by atoms with van der Waals surface area (Å²) in [5, 5.41) is 3.79. The largest absolute Gasteiger partial charge is 0.462 e. The van der Waals surface area contributed by atoms with Gasteiger partial charge in [-0.2, -0.15) is 0 Å². The minimum Gasteiger partial charge on any atom is -0.462 e. The van der Waals surface area contributed by atoms with Gasteiger partial charge in [-0.1, -0.05) is 5.11 Å². The highest BCUT2D eigenvalue weighted by Gasteiger charge is 2.49.